The van der Waals surface area contributed by atoms with E-state index in [-0.39, 0.29) is 24.0 Å². The Morgan fingerprint density at radius 3 is 2.46 bits per heavy atom. The molecule has 1 N–H and O–H groups in total. The van der Waals surface area contributed by atoms with Crippen molar-refractivity contribution in [3.63, 3.8) is 0 Å². The fourth-order valence-corrected chi connectivity index (χ4v) is 2.80. The van der Waals surface area contributed by atoms with Gasteiger partial charge in [0.15, 0.2) is 11.8 Å². The number of nitrogens with zero attached hydrogens (tertiary/aromatic N) is 6. The average molecular weight is 493 g/mol. The molecule has 150 valence electrons. The molecule has 0 radical (unpaired) electrons. The second-order valence-corrected chi connectivity index (χ2v) is 6.67. The summed E-state index contributed by atoms with van der Waals surface area (Å²) in [5, 5.41) is 11.8. The molecule has 0 unspecified atom stereocenters. The highest BCUT2D eigenvalue weighted by Gasteiger charge is 2.11. The van der Waals surface area contributed by atoms with E-state index in [0.717, 1.165) is 24.2 Å². The number of rotatable bonds is 6. The molecule has 0 spiro atoms. The lowest BCUT2D eigenvalue weighted by Crippen LogP contribution is -2.39. The quantitative estimate of drug-likeness (QED) is 0.326. The molecule has 0 atom stereocenters. The smallest absolute Gasteiger partial charge is 0.194 e. The molecule has 3 rings (SSSR count). The van der Waals surface area contributed by atoms with Gasteiger partial charge in [0.1, 0.15) is 5.82 Å². The zero-order valence-corrected chi connectivity index (χ0v) is 19.2. The van der Waals surface area contributed by atoms with Crippen molar-refractivity contribution in [2.75, 3.05) is 7.05 Å². The largest absolute Gasteiger partial charge is 0.353 e. The summed E-state index contributed by atoms with van der Waals surface area (Å²) >= 11 is 0. The highest BCUT2D eigenvalue weighted by Crippen LogP contribution is 2.06. The molecular formula is C20H28IN7. The summed E-state index contributed by atoms with van der Waals surface area (Å²) in [6, 6.07) is 14.4. The maximum Gasteiger partial charge on any atom is 0.194 e. The highest BCUT2D eigenvalue weighted by atomic mass is 127. The van der Waals surface area contributed by atoms with Crippen LogP contribution >= 0.6 is 24.0 Å². The van der Waals surface area contributed by atoms with Crippen LogP contribution in [0.25, 0.3) is 0 Å². The number of hydrogen-bond donors (Lipinski definition) is 1. The summed E-state index contributed by atoms with van der Waals surface area (Å²) < 4.78 is 4.11. The molecule has 3 aromatic rings. The molecule has 8 heteroatoms. The Kier molecular flexibility index (Phi) is 8.04. The fraction of sp³-hybridized carbons (Fsp3) is 0.350. The van der Waals surface area contributed by atoms with E-state index in [0.29, 0.717) is 13.1 Å². The number of aryl methyl sites for hydroxylation is 2. The van der Waals surface area contributed by atoms with Crippen LogP contribution in [0.15, 0.2) is 53.7 Å². The van der Waals surface area contributed by atoms with Crippen LogP contribution < -0.4 is 5.32 Å². The van der Waals surface area contributed by atoms with Crippen molar-refractivity contribution >= 4 is 29.9 Å². The number of nitrogens with one attached hydrogen (secondary N) is 1. The Labute approximate surface area is 183 Å². The second-order valence-electron chi connectivity index (χ2n) is 6.67. The van der Waals surface area contributed by atoms with Gasteiger partial charge in [0.05, 0.1) is 19.6 Å². The first kappa shape index (κ1) is 21.9. The first-order valence-electron chi connectivity index (χ1n) is 9.03. The summed E-state index contributed by atoms with van der Waals surface area (Å²) in [6.07, 6.45) is 2.06. The van der Waals surface area contributed by atoms with Gasteiger partial charge in [-0.25, -0.2) is 4.99 Å². The normalized spacial score (nSPS) is 11.2. The molecule has 0 saturated heterocycles. The van der Waals surface area contributed by atoms with Crippen LogP contribution in [0.5, 0.6) is 0 Å². The minimum absolute atomic E-state index is 0. The van der Waals surface area contributed by atoms with Crippen LogP contribution in [0.1, 0.15) is 22.9 Å². The number of hydrogen-bond acceptors (Lipinski definition) is 3. The zero-order valence-electron chi connectivity index (χ0n) is 16.8. The molecule has 28 heavy (non-hydrogen) atoms. The van der Waals surface area contributed by atoms with Crippen LogP contribution in [0.2, 0.25) is 0 Å². The van der Waals surface area contributed by atoms with Gasteiger partial charge >= 0.3 is 0 Å². The topological polar surface area (TPSA) is 63.3 Å². The van der Waals surface area contributed by atoms with E-state index in [2.05, 4.69) is 62.5 Å². The lowest BCUT2D eigenvalue weighted by molar-refractivity contribution is 0.458. The molecule has 0 aliphatic carbocycles. The monoisotopic (exact) mass is 493 g/mol. The number of guanidine groups is 1. The zero-order chi connectivity index (χ0) is 19.2. The molecule has 0 fully saturated rings. The molecular weight excluding hydrogens is 465 g/mol. The molecule has 0 saturated carbocycles. The Morgan fingerprint density at radius 2 is 1.86 bits per heavy atom. The van der Waals surface area contributed by atoms with E-state index in [1.165, 1.54) is 11.3 Å². The fourth-order valence-electron chi connectivity index (χ4n) is 2.80. The summed E-state index contributed by atoms with van der Waals surface area (Å²) in [5.74, 6) is 2.61. The van der Waals surface area contributed by atoms with Crippen molar-refractivity contribution < 1.29 is 0 Å². The van der Waals surface area contributed by atoms with Gasteiger partial charge < -0.3 is 19.4 Å². The number of benzene rings is 1. The summed E-state index contributed by atoms with van der Waals surface area (Å²) in [7, 11) is 6.08. The van der Waals surface area contributed by atoms with Crippen molar-refractivity contribution in [3.05, 3.63) is 71.6 Å². The van der Waals surface area contributed by atoms with E-state index in [1.807, 2.05) is 43.8 Å². The van der Waals surface area contributed by atoms with E-state index >= 15 is 0 Å². The van der Waals surface area contributed by atoms with Gasteiger partial charge in [-0.05, 0) is 24.6 Å². The third-order valence-electron chi connectivity index (χ3n) is 4.65. The van der Waals surface area contributed by atoms with E-state index < -0.39 is 0 Å². The van der Waals surface area contributed by atoms with Gasteiger partial charge in [0, 0.05) is 33.0 Å². The second kappa shape index (κ2) is 10.3. The summed E-state index contributed by atoms with van der Waals surface area (Å²) in [6.45, 7) is 3.91. The molecule has 2 heterocycles. The van der Waals surface area contributed by atoms with Crippen LogP contribution in [0.3, 0.4) is 0 Å². The van der Waals surface area contributed by atoms with Crippen molar-refractivity contribution in [1.82, 2.24) is 29.5 Å². The molecule has 0 aliphatic heterocycles. The first-order valence-corrected chi connectivity index (χ1v) is 9.03. The Hall–Kier alpha value is -2.36. The maximum absolute atomic E-state index is 4.82. The van der Waals surface area contributed by atoms with E-state index in [9.17, 15) is 0 Å². The third-order valence-corrected chi connectivity index (χ3v) is 4.65. The lowest BCUT2D eigenvalue weighted by Gasteiger charge is -2.23. The highest BCUT2D eigenvalue weighted by molar-refractivity contribution is 14.0. The lowest BCUT2D eigenvalue weighted by atomic mass is 10.2. The van der Waals surface area contributed by atoms with Gasteiger partial charge in [-0.2, -0.15) is 0 Å². The third kappa shape index (κ3) is 5.57. The molecule has 7 nitrogen and oxygen atoms in total. The molecule has 0 amide bonds. The van der Waals surface area contributed by atoms with Gasteiger partial charge in [-0.3, -0.25) is 0 Å². The van der Waals surface area contributed by atoms with Crippen LogP contribution in [-0.4, -0.2) is 37.2 Å². The van der Waals surface area contributed by atoms with Gasteiger partial charge in [0.2, 0.25) is 0 Å². The summed E-state index contributed by atoms with van der Waals surface area (Å²) in [5.41, 5.74) is 2.40. The van der Waals surface area contributed by atoms with Crippen LogP contribution in [0.4, 0.5) is 0 Å². The van der Waals surface area contributed by atoms with Crippen molar-refractivity contribution in [1.29, 1.82) is 0 Å². The molecule has 2 aromatic heterocycles. The minimum atomic E-state index is 0. The van der Waals surface area contributed by atoms with Gasteiger partial charge in [-0.1, -0.05) is 30.3 Å². The predicted octanol–water partition coefficient (Wildman–Crippen LogP) is 2.86. The molecule has 1 aromatic carbocycles. The predicted molar refractivity (Wildman–Crippen MR) is 122 cm³/mol. The molecule has 0 aliphatic rings. The average Bonchev–Trinajstić information content (AvgIpc) is 3.22. The standard InChI is InChI=1S/C20H27N7.HI/c1-16-23-24-19(27(16)4)14-22-20(21-13-17-9-6-5-7-10-17)26(3)15-18-11-8-12-25(18)2;/h5-12H,13-15H2,1-4H3,(H,21,22);1H. The summed E-state index contributed by atoms with van der Waals surface area (Å²) in [4.78, 5) is 6.95. The van der Waals surface area contributed by atoms with Gasteiger partial charge in [-0.15, -0.1) is 34.2 Å². The Balaban J connectivity index is 0.00000280. The Bertz CT molecular complexity index is 898. The first-order chi connectivity index (χ1) is 13.0. The van der Waals surface area contributed by atoms with Crippen LogP contribution in [0, 0.1) is 6.92 Å². The van der Waals surface area contributed by atoms with Crippen molar-refractivity contribution in [3.8, 4) is 0 Å². The van der Waals surface area contributed by atoms with Crippen molar-refractivity contribution in [2.45, 2.75) is 26.6 Å². The van der Waals surface area contributed by atoms with E-state index in [1.54, 1.807) is 0 Å². The van der Waals surface area contributed by atoms with Gasteiger partial charge in [0.25, 0.3) is 0 Å². The molecule has 0 bridgehead atoms. The van der Waals surface area contributed by atoms with Crippen molar-refractivity contribution in [2.24, 2.45) is 19.1 Å². The Morgan fingerprint density at radius 1 is 1.11 bits per heavy atom. The number of aromatic nitrogens is 4. The SMILES string of the molecule is Cc1nnc(CNC(=NCc2ccccc2)N(C)Cc2cccn2C)n1C.I. The maximum atomic E-state index is 4.82. The van der Waals surface area contributed by atoms with E-state index in [4.69, 9.17) is 4.99 Å². The van der Waals surface area contributed by atoms with Crippen LogP contribution in [-0.2, 0) is 33.7 Å². The number of halogens is 1. The number of aliphatic imine (C=N–C) groups is 1. The minimum Gasteiger partial charge on any atom is -0.353 e.